The number of aliphatic hydroxyl groups excluding tert-OH is 1. The van der Waals surface area contributed by atoms with Crippen LogP contribution in [0.3, 0.4) is 0 Å². The van der Waals surface area contributed by atoms with E-state index in [0.717, 1.165) is 0 Å². The largest absolute Gasteiger partial charge is 0.457 e. The second kappa shape index (κ2) is 6.21. The van der Waals surface area contributed by atoms with E-state index in [0.29, 0.717) is 22.6 Å². The van der Waals surface area contributed by atoms with Gasteiger partial charge in [-0.3, -0.25) is 4.79 Å². The fourth-order valence-electron chi connectivity index (χ4n) is 2.49. The van der Waals surface area contributed by atoms with Crippen LogP contribution in [0.1, 0.15) is 17.0 Å². The van der Waals surface area contributed by atoms with Gasteiger partial charge in [0, 0.05) is 11.1 Å². The van der Waals surface area contributed by atoms with E-state index in [4.69, 9.17) is 39.5 Å². The number of hydrogen-bond donors (Lipinski definition) is 2. The average Bonchev–Trinajstić information content (AvgIpc) is 2.51. The summed E-state index contributed by atoms with van der Waals surface area (Å²) in [6, 6.07) is 14.4. The van der Waals surface area contributed by atoms with Crippen LogP contribution in [-0.2, 0) is 4.79 Å². The molecule has 120 valence electrons. The molecule has 0 saturated heterocycles. The van der Waals surface area contributed by atoms with E-state index < -0.39 is 21.8 Å². The molecule has 1 heterocycles. The maximum absolute atomic E-state index is 12.7. The standard InChI is InChI=1S/C16H12Cl3NO3/c17-16(18,19)15(22)20-14(21)13-9-5-1-3-7-11(9)23-12-8-4-2-6-10(12)13/h1-8,13,15,22H,(H,20,21). The number of hydrogen-bond acceptors (Lipinski definition) is 3. The van der Waals surface area contributed by atoms with Crippen LogP contribution in [0.5, 0.6) is 11.5 Å². The Morgan fingerprint density at radius 1 is 1.04 bits per heavy atom. The summed E-state index contributed by atoms with van der Waals surface area (Å²) in [5, 5.41) is 12.2. The number of carbonyl (C=O) groups excluding carboxylic acids is 1. The van der Waals surface area contributed by atoms with Gasteiger partial charge in [0.15, 0.2) is 6.23 Å². The first-order valence-corrected chi connectivity index (χ1v) is 7.92. The first-order valence-electron chi connectivity index (χ1n) is 6.79. The van der Waals surface area contributed by atoms with Gasteiger partial charge in [0.2, 0.25) is 9.70 Å². The van der Waals surface area contributed by atoms with E-state index >= 15 is 0 Å². The number of para-hydroxylation sites is 2. The summed E-state index contributed by atoms with van der Waals surface area (Å²) < 4.78 is 3.80. The van der Waals surface area contributed by atoms with Crippen molar-refractivity contribution >= 4 is 40.7 Å². The van der Waals surface area contributed by atoms with Crippen molar-refractivity contribution in [3.63, 3.8) is 0 Å². The number of halogens is 3. The predicted molar refractivity (Wildman–Crippen MR) is 89.2 cm³/mol. The summed E-state index contributed by atoms with van der Waals surface area (Å²) >= 11 is 16.8. The third kappa shape index (κ3) is 3.26. The third-order valence-corrected chi connectivity index (χ3v) is 4.15. The molecule has 1 unspecified atom stereocenters. The first-order chi connectivity index (χ1) is 10.9. The quantitative estimate of drug-likeness (QED) is 0.624. The van der Waals surface area contributed by atoms with Crippen LogP contribution in [0.2, 0.25) is 0 Å². The fraction of sp³-hybridized carbons (Fsp3) is 0.188. The van der Waals surface area contributed by atoms with Crippen molar-refractivity contribution in [2.24, 2.45) is 0 Å². The molecule has 1 atom stereocenters. The Bertz CT molecular complexity index is 700. The molecule has 0 bridgehead atoms. The second-order valence-corrected chi connectivity index (χ2v) is 7.43. The Morgan fingerprint density at radius 2 is 1.52 bits per heavy atom. The highest BCUT2D eigenvalue weighted by Gasteiger charge is 2.37. The van der Waals surface area contributed by atoms with Crippen molar-refractivity contribution in [3.05, 3.63) is 59.7 Å². The minimum absolute atomic E-state index is 0.480. The minimum Gasteiger partial charge on any atom is -0.457 e. The number of ether oxygens (including phenoxy) is 1. The summed E-state index contributed by atoms with van der Waals surface area (Å²) in [6.45, 7) is 0. The van der Waals surface area contributed by atoms with Crippen LogP contribution in [0.4, 0.5) is 0 Å². The van der Waals surface area contributed by atoms with E-state index in [1.54, 1.807) is 24.3 Å². The van der Waals surface area contributed by atoms with Crippen LogP contribution in [0, 0.1) is 0 Å². The SMILES string of the molecule is O=C(NC(O)C(Cl)(Cl)Cl)C1c2ccccc2Oc2ccccc21. The molecule has 0 saturated carbocycles. The normalized spacial score (nSPS) is 15.1. The molecule has 0 radical (unpaired) electrons. The summed E-state index contributed by atoms with van der Waals surface area (Å²) in [5.41, 5.74) is 1.36. The number of amides is 1. The van der Waals surface area contributed by atoms with Crippen molar-refractivity contribution in [1.29, 1.82) is 0 Å². The molecule has 0 aromatic heterocycles. The van der Waals surface area contributed by atoms with E-state index in [1.807, 2.05) is 24.3 Å². The van der Waals surface area contributed by atoms with E-state index in [2.05, 4.69) is 5.32 Å². The van der Waals surface area contributed by atoms with E-state index in [1.165, 1.54) is 0 Å². The van der Waals surface area contributed by atoms with E-state index in [-0.39, 0.29) is 0 Å². The summed E-state index contributed by atoms with van der Waals surface area (Å²) in [4.78, 5) is 12.7. The lowest BCUT2D eigenvalue weighted by molar-refractivity contribution is -0.124. The van der Waals surface area contributed by atoms with E-state index in [9.17, 15) is 9.90 Å². The van der Waals surface area contributed by atoms with Gasteiger partial charge >= 0.3 is 0 Å². The van der Waals surface area contributed by atoms with Gasteiger partial charge in [-0.1, -0.05) is 71.2 Å². The monoisotopic (exact) mass is 371 g/mol. The number of rotatable bonds is 2. The predicted octanol–water partition coefficient (Wildman–Crippen LogP) is 3.73. The maximum atomic E-state index is 12.7. The van der Waals surface area contributed by atoms with Gasteiger partial charge in [-0.25, -0.2) is 0 Å². The maximum Gasteiger partial charge on any atom is 0.234 e. The van der Waals surface area contributed by atoms with Crippen molar-refractivity contribution < 1.29 is 14.6 Å². The molecule has 1 aliphatic heterocycles. The molecule has 7 heteroatoms. The molecule has 23 heavy (non-hydrogen) atoms. The van der Waals surface area contributed by atoms with Crippen LogP contribution in [0.15, 0.2) is 48.5 Å². The van der Waals surface area contributed by atoms with Gasteiger partial charge in [0.25, 0.3) is 0 Å². The zero-order chi connectivity index (χ0) is 16.6. The Kier molecular flexibility index (Phi) is 4.43. The summed E-state index contributed by atoms with van der Waals surface area (Å²) in [7, 11) is 0. The number of alkyl halides is 3. The lowest BCUT2D eigenvalue weighted by Crippen LogP contribution is -2.46. The molecule has 2 aromatic rings. The fourth-order valence-corrected chi connectivity index (χ4v) is 2.66. The van der Waals surface area contributed by atoms with Crippen molar-refractivity contribution in [2.75, 3.05) is 0 Å². The van der Waals surface area contributed by atoms with Gasteiger partial charge < -0.3 is 15.2 Å². The van der Waals surface area contributed by atoms with Gasteiger partial charge in [-0.05, 0) is 12.1 Å². The molecule has 4 nitrogen and oxygen atoms in total. The number of aliphatic hydroxyl groups is 1. The Balaban J connectivity index is 2.00. The molecular weight excluding hydrogens is 361 g/mol. The van der Waals surface area contributed by atoms with Crippen LogP contribution < -0.4 is 10.1 Å². The second-order valence-electron chi connectivity index (χ2n) is 5.06. The molecule has 2 N–H and O–H groups in total. The lowest BCUT2D eigenvalue weighted by Gasteiger charge is -2.29. The number of benzene rings is 2. The molecule has 0 spiro atoms. The van der Waals surface area contributed by atoms with Gasteiger partial charge in [0.05, 0.1) is 5.92 Å². The molecule has 2 aromatic carbocycles. The van der Waals surface area contributed by atoms with Crippen LogP contribution in [-0.4, -0.2) is 21.0 Å². The Hall–Kier alpha value is -1.46. The highest BCUT2D eigenvalue weighted by Crippen LogP contribution is 2.44. The molecule has 3 rings (SSSR count). The first kappa shape index (κ1) is 16.4. The Morgan fingerprint density at radius 3 is 2.00 bits per heavy atom. The van der Waals surface area contributed by atoms with Crippen molar-refractivity contribution in [3.8, 4) is 11.5 Å². The highest BCUT2D eigenvalue weighted by atomic mass is 35.6. The zero-order valence-corrected chi connectivity index (χ0v) is 13.9. The summed E-state index contributed by atoms with van der Waals surface area (Å²) in [5.74, 6) is 0.00891. The molecule has 0 aliphatic carbocycles. The van der Waals surface area contributed by atoms with Crippen LogP contribution >= 0.6 is 34.8 Å². The number of fused-ring (bicyclic) bond motifs is 2. The average molecular weight is 373 g/mol. The lowest BCUT2D eigenvalue weighted by atomic mass is 9.87. The molecular formula is C16H12Cl3NO3. The number of carbonyl (C=O) groups is 1. The molecule has 1 aliphatic rings. The van der Waals surface area contributed by atoms with Gasteiger partial charge in [-0.2, -0.15) is 0 Å². The van der Waals surface area contributed by atoms with Gasteiger partial charge in [0.1, 0.15) is 11.5 Å². The molecule has 0 fully saturated rings. The summed E-state index contributed by atoms with van der Waals surface area (Å²) in [6.07, 6.45) is -1.62. The smallest absolute Gasteiger partial charge is 0.234 e. The molecule has 1 amide bonds. The van der Waals surface area contributed by atoms with Crippen molar-refractivity contribution in [1.82, 2.24) is 5.32 Å². The number of nitrogens with one attached hydrogen (secondary N) is 1. The highest BCUT2D eigenvalue weighted by molar-refractivity contribution is 6.68. The van der Waals surface area contributed by atoms with Gasteiger partial charge in [-0.15, -0.1) is 0 Å². The van der Waals surface area contributed by atoms with Crippen LogP contribution in [0.25, 0.3) is 0 Å². The third-order valence-electron chi connectivity index (χ3n) is 3.53. The zero-order valence-electron chi connectivity index (χ0n) is 11.7. The van der Waals surface area contributed by atoms with Crippen molar-refractivity contribution in [2.45, 2.75) is 15.9 Å². The minimum atomic E-state index is -2.01. The topological polar surface area (TPSA) is 58.6 Å². The Labute approximate surface area is 147 Å².